The van der Waals surface area contributed by atoms with Crippen LogP contribution in [0.2, 0.25) is 0 Å². The molecule has 0 radical (unpaired) electrons. The van der Waals surface area contributed by atoms with Gasteiger partial charge in [0.15, 0.2) is 0 Å². The average molecular weight is 304 g/mol. The van der Waals surface area contributed by atoms with E-state index in [1.807, 2.05) is 0 Å². The van der Waals surface area contributed by atoms with E-state index in [4.69, 9.17) is 0 Å². The molecule has 0 aromatic rings. The Kier molecular flexibility index (Phi) is 6.45. The van der Waals surface area contributed by atoms with Crippen molar-refractivity contribution in [1.82, 2.24) is 0 Å². The van der Waals surface area contributed by atoms with Crippen LogP contribution in [0.15, 0.2) is 43.2 Å². The molecule has 0 unspecified atom stereocenters. The van der Waals surface area contributed by atoms with Crippen LogP contribution in [0.1, 0.15) is 65.2 Å². The Labute approximate surface area is 130 Å². The van der Waals surface area contributed by atoms with Gasteiger partial charge in [0.05, 0.1) is 0 Å². The van der Waals surface area contributed by atoms with Crippen molar-refractivity contribution in [2.75, 3.05) is 0 Å². The Morgan fingerprint density at radius 1 is 0.900 bits per heavy atom. The summed E-state index contributed by atoms with van der Waals surface area (Å²) in [4.78, 5) is 4.69. The van der Waals surface area contributed by atoms with E-state index in [-0.39, 0.29) is 0 Å². The van der Waals surface area contributed by atoms with Crippen molar-refractivity contribution in [3.63, 3.8) is 0 Å². The zero-order valence-electron chi connectivity index (χ0n) is 13.2. The Balaban J connectivity index is 2.14. The summed E-state index contributed by atoms with van der Waals surface area (Å²) in [6.07, 6.45) is 19.7. The van der Waals surface area contributed by atoms with E-state index >= 15 is 0 Å². The van der Waals surface area contributed by atoms with E-state index in [2.05, 4.69) is 43.0 Å². The maximum atomic E-state index is 4.69. The summed E-state index contributed by atoms with van der Waals surface area (Å²) in [5.41, 5.74) is 3.29. The van der Waals surface area contributed by atoms with Gasteiger partial charge in [0, 0.05) is 0 Å². The van der Waals surface area contributed by atoms with Gasteiger partial charge in [-0.15, -0.1) is 0 Å². The number of rotatable bonds is 8. The molecule has 2 aliphatic rings. The molecule has 0 atom stereocenters. The van der Waals surface area contributed by atoms with Crippen molar-refractivity contribution < 1.29 is 17.4 Å². The average Bonchev–Trinajstić information content (AvgIpc) is 3.10. The Hall–Kier alpha value is -0.456. The minimum atomic E-state index is -1.43. The van der Waals surface area contributed by atoms with Crippen LogP contribution in [0, 0.1) is 0 Å². The van der Waals surface area contributed by atoms with Gasteiger partial charge in [0.25, 0.3) is 0 Å². The Morgan fingerprint density at radius 3 is 1.75 bits per heavy atom. The summed E-state index contributed by atoms with van der Waals surface area (Å²) in [6.45, 7) is 4.57. The topological polar surface area (TPSA) is 0 Å². The molecule has 0 N–H and O–H groups in total. The van der Waals surface area contributed by atoms with Crippen molar-refractivity contribution in [2.45, 2.75) is 65.2 Å². The molecule has 0 aromatic heterocycles. The molecule has 0 saturated carbocycles. The van der Waals surface area contributed by atoms with Crippen molar-refractivity contribution >= 4 is 4.82 Å². The predicted octanol–water partition coefficient (Wildman–Crippen LogP) is 5.85. The third kappa shape index (κ3) is 3.80. The fourth-order valence-corrected chi connectivity index (χ4v) is 6.69. The quantitative estimate of drug-likeness (QED) is 0.494. The van der Waals surface area contributed by atoms with Gasteiger partial charge in [-0.2, -0.15) is 0 Å². The van der Waals surface area contributed by atoms with Crippen molar-refractivity contribution in [2.24, 2.45) is 0 Å². The minimum absolute atomic E-state index is 1.20. The zero-order valence-corrected chi connectivity index (χ0v) is 14.7. The summed E-state index contributed by atoms with van der Waals surface area (Å²) >= 11 is -1.43. The predicted molar refractivity (Wildman–Crippen MR) is 87.7 cm³/mol. The van der Waals surface area contributed by atoms with E-state index in [9.17, 15) is 0 Å². The first-order valence-electron chi connectivity index (χ1n) is 8.24. The fourth-order valence-electron chi connectivity index (χ4n) is 3.12. The first kappa shape index (κ1) is 15.9. The van der Waals surface area contributed by atoms with Crippen molar-refractivity contribution in [3.8, 4) is 0 Å². The second kappa shape index (κ2) is 8.10. The molecule has 108 valence electrons. The molecule has 0 heterocycles. The molecule has 2 aliphatic carbocycles. The summed E-state index contributed by atoms with van der Waals surface area (Å²) in [7, 11) is 0. The fraction of sp³-hybridized carbons (Fsp3) is 0.526. The van der Waals surface area contributed by atoms with E-state index in [1.165, 1.54) is 51.4 Å². The molecular weight excluding hydrogens is 276 g/mol. The third-order valence-electron chi connectivity index (χ3n) is 4.39. The second-order valence-electron chi connectivity index (χ2n) is 5.91. The molecule has 0 amide bonds. The second-order valence-corrected chi connectivity index (χ2v) is 9.29. The van der Waals surface area contributed by atoms with Gasteiger partial charge in [-0.1, -0.05) is 0 Å². The van der Waals surface area contributed by atoms with Gasteiger partial charge < -0.3 is 0 Å². The SMILES string of the molecule is [CH2]=[Ti]([C]1=C(CCCC)C=CC1)[C]1=C(CCCC)C=CC1. The van der Waals surface area contributed by atoms with E-state index in [0.717, 1.165) is 0 Å². The summed E-state index contributed by atoms with van der Waals surface area (Å²) < 4.78 is 3.51. The molecule has 0 nitrogen and oxygen atoms in total. The third-order valence-corrected chi connectivity index (χ3v) is 8.30. The van der Waals surface area contributed by atoms with Crippen LogP contribution in [0.4, 0.5) is 0 Å². The Morgan fingerprint density at radius 2 is 1.35 bits per heavy atom. The standard InChI is InChI=1S/2C9H13.CH2.Ti/c2*1-2-3-6-9-7-4-5-8-9;;/h2*4,7H,2-3,5-6H2,1H3;1H2;. The van der Waals surface area contributed by atoms with Gasteiger partial charge in [0.1, 0.15) is 0 Å². The molecule has 0 bridgehead atoms. The molecule has 1 heteroatoms. The van der Waals surface area contributed by atoms with Crippen LogP contribution in [-0.4, -0.2) is 4.82 Å². The van der Waals surface area contributed by atoms with Gasteiger partial charge in [-0.25, -0.2) is 0 Å². The van der Waals surface area contributed by atoms with Crippen LogP contribution >= 0.6 is 0 Å². The van der Waals surface area contributed by atoms with Gasteiger partial charge >= 0.3 is 131 Å². The van der Waals surface area contributed by atoms with Crippen LogP contribution < -0.4 is 0 Å². The van der Waals surface area contributed by atoms with Crippen LogP contribution in [0.5, 0.6) is 0 Å². The van der Waals surface area contributed by atoms with Crippen molar-refractivity contribution in [3.05, 3.63) is 43.2 Å². The summed E-state index contributed by atoms with van der Waals surface area (Å²) in [5, 5.41) is 0. The molecule has 0 fully saturated rings. The van der Waals surface area contributed by atoms with E-state index < -0.39 is 17.4 Å². The van der Waals surface area contributed by atoms with Crippen LogP contribution in [0.25, 0.3) is 0 Å². The zero-order chi connectivity index (χ0) is 14.4. The molecular formula is C19H28Ti. The molecule has 20 heavy (non-hydrogen) atoms. The number of unbranched alkanes of at least 4 members (excludes halogenated alkanes) is 2. The van der Waals surface area contributed by atoms with Gasteiger partial charge in [-0.05, 0) is 0 Å². The normalized spacial score (nSPS) is 17.7. The maximum absolute atomic E-state index is 4.69. The van der Waals surface area contributed by atoms with Gasteiger partial charge in [-0.3, -0.25) is 0 Å². The van der Waals surface area contributed by atoms with E-state index in [1.54, 1.807) is 18.9 Å². The molecule has 2 rings (SSSR count). The molecule has 0 aliphatic heterocycles. The Bertz CT molecular complexity index is 442. The van der Waals surface area contributed by atoms with Gasteiger partial charge in [0.2, 0.25) is 0 Å². The molecule has 0 spiro atoms. The molecule has 0 saturated heterocycles. The van der Waals surface area contributed by atoms with Crippen LogP contribution in [-0.2, 0) is 17.4 Å². The first-order chi connectivity index (χ1) is 9.77. The summed E-state index contributed by atoms with van der Waals surface area (Å²) in [5.74, 6) is 0. The first-order valence-corrected chi connectivity index (χ1v) is 10.9. The number of hydrogen-bond acceptors (Lipinski definition) is 0. The summed E-state index contributed by atoms with van der Waals surface area (Å²) in [6, 6.07) is 0. The molecule has 0 aromatic carbocycles. The van der Waals surface area contributed by atoms with Crippen LogP contribution in [0.3, 0.4) is 0 Å². The van der Waals surface area contributed by atoms with E-state index in [0.29, 0.717) is 0 Å². The monoisotopic (exact) mass is 304 g/mol. The number of allylic oxidation sites excluding steroid dienone is 8. The van der Waals surface area contributed by atoms with Crippen molar-refractivity contribution in [1.29, 1.82) is 0 Å². The number of hydrogen-bond donors (Lipinski definition) is 0.